The molecule has 0 spiro atoms. The summed E-state index contributed by atoms with van der Waals surface area (Å²) in [7, 11) is 0. The van der Waals surface area contributed by atoms with Gasteiger partial charge in [0, 0.05) is 6.42 Å². The van der Waals surface area contributed by atoms with E-state index in [-0.39, 0.29) is 18.9 Å². The van der Waals surface area contributed by atoms with Gasteiger partial charge in [-0.2, -0.15) is 0 Å². The van der Waals surface area contributed by atoms with Crippen molar-refractivity contribution in [2.24, 2.45) is 0 Å². The molecule has 0 saturated carbocycles. The van der Waals surface area contributed by atoms with Crippen molar-refractivity contribution in [2.45, 2.75) is 325 Å². The molecule has 2 aliphatic rings. The monoisotopic (exact) mass is 1250 g/mol. The van der Waals surface area contributed by atoms with Crippen molar-refractivity contribution in [1.82, 2.24) is 5.32 Å². The average Bonchev–Trinajstić information content (AvgIpc) is 2.55. The highest BCUT2D eigenvalue weighted by atomic mass is 16.7. The topological polar surface area (TPSA) is 228 Å². The fourth-order valence-corrected chi connectivity index (χ4v) is 10.8. The standard InChI is InChI=1S/C75H127NO13/c1-3-5-7-9-11-13-15-17-19-21-22-23-24-25-26-27-28-29-30-31-32-33-34-35-36-37-38-39-40-41-42-43-45-47-49-51-53-55-57-59-67(80)76-63(64(79)58-56-54-52-50-48-46-44-20-18-16-14-12-10-8-6-4-2)62-86-74-72(85)70(83)73(66(61-78)88-74)89-75-71(84)69(82)68(81)65(60-77)87-75/h5,7,11,13,17-20,22-23,25-26,28-29,31-32,48,50,56,58,63-66,68-75,77-79,81-85H,3-4,6,8-10,12,14-16,21,24,27,30,33-47,49,51-55,57,59-62H2,1-2H3,(H,76,80)/b7-5-,13-11-,19-17-,20-18+,23-22-,26-25-,29-28-,32-31-,50-48+,58-56+. The molecule has 89 heavy (non-hydrogen) atoms. The van der Waals surface area contributed by atoms with Gasteiger partial charge in [0.2, 0.25) is 5.91 Å². The van der Waals surface area contributed by atoms with Crippen molar-refractivity contribution in [3.8, 4) is 0 Å². The molecule has 14 heteroatoms. The molecule has 9 N–H and O–H groups in total. The molecule has 1 amide bonds. The number of ether oxygens (including phenoxy) is 4. The summed E-state index contributed by atoms with van der Waals surface area (Å²) < 4.78 is 22.8. The molecule has 0 radical (unpaired) electrons. The second kappa shape index (κ2) is 58.2. The zero-order valence-corrected chi connectivity index (χ0v) is 55.4. The summed E-state index contributed by atoms with van der Waals surface area (Å²) in [5, 5.41) is 87.3. The summed E-state index contributed by atoms with van der Waals surface area (Å²) in [6.45, 7) is 2.65. The molecule has 0 aromatic heterocycles. The van der Waals surface area contributed by atoms with Gasteiger partial charge in [0.15, 0.2) is 12.6 Å². The molecular formula is C75H127NO13. The molecule has 14 nitrogen and oxygen atoms in total. The Morgan fingerprint density at radius 1 is 0.416 bits per heavy atom. The highest BCUT2D eigenvalue weighted by molar-refractivity contribution is 5.76. The first-order chi connectivity index (χ1) is 43.6. The number of aliphatic hydroxyl groups is 8. The number of nitrogens with one attached hydrogen (secondary N) is 1. The number of hydrogen-bond acceptors (Lipinski definition) is 13. The molecule has 510 valence electrons. The van der Waals surface area contributed by atoms with Crippen LogP contribution in [0.4, 0.5) is 0 Å². The molecule has 2 saturated heterocycles. The van der Waals surface area contributed by atoms with Crippen molar-refractivity contribution in [3.63, 3.8) is 0 Å². The summed E-state index contributed by atoms with van der Waals surface area (Å²) in [5.74, 6) is -0.256. The second-order valence-electron chi connectivity index (χ2n) is 24.3. The number of carbonyl (C=O) groups excluding carboxylic acids is 1. The maximum atomic E-state index is 13.3. The highest BCUT2D eigenvalue weighted by Crippen LogP contribution is 2.30. The van der Waals surface area contributed by atoms with Crippen molar-refractivity contribution >= 4 is 5.91 Å². The summed E-state index contributed by atoms with van der Waals surface area (Å²) in [6.07, 6.45) is 68.3. The van der Waals surface area contributed by atoms with Crippen LogP contribution in [0, 0.1) is 0 Å². The Kier molecular flexibility index (Phi) is 53.3. The third-order valence-corrected chi connectivity index (χ3v) is 16.4. The normalized spacial score (nSPS) is 23.8. The van der Waals surface area contributed by atoms with E-state index in [9.17, 15) is 45.6 Å². The van der Waals surface area contributed by atoms with Gasteiger partial charge in [-0.1, -0.05) is 264 Å². The lowest BCUT2D eigenvalue weighted by atomic mass is 9.97. The molecule has 2 fully saturated rings. The minimum atomic E-state index is -1.80. The molecule has 2 heterocycles. The van der Waals surface area contributed by atoms with Crippen LogP contribution in [-0.4, -0.2) is 140 Å². The van der Waals surface area contributed by atoms with Crippen LogP contribution in [0.2, 0.25) is 0 Å². The highest BCUT2D eigenvalue weighted by Gasteiger charge is 2.51. The quantitative estimate of drug-likeness (QED) is 0.0204. The molecule has 12 atom stereocenters. The first-order valence-electron chi connectivity index (χ1n) is 35.3. The molecule has 0 bridgehead atoms. The number of carbonyl (C=O) groups is 1. The molecule has 2 rings (SSSR count). The van der Waals surface area contributed by atoms with Gasteiger partial charge >= 0.3 is 0 Å². The van der Waals surface area contributed by atoms with E-state index in [0.29, 0.717) is 12.8 Å². The fourth-order valence-electron chi connectivity index (χ4n) is 10.8. The number of rotatable bonds is 56. The Balaban J connectivity index is 1.61. The molecule has 0 aliphatic carbocycles. The summed E-state index contributed by atoms with van der Waals surface area (Å²) >= 11 is 0. The largest absolute Gasteiger partial charge is 0.394 e. The molecular weight excluding hydrogens is 1120 g/mol. The zero-order chi connectivity index (χ0) is 64.5. The number of unbranched alkanes of at least 4 members (excludes halogenated alkanes) is 25. The maximum absolute atomic E-state index is 13.3. The Morgan fingerprint density at radius 2 is 0.787 bits per heavy atom. The van der Waals surface area contributed by atoms with E-state index in [1.54, 1.807) is 6.08 Å². The minimum absolute atomic E-state index is 0.256. The summed E-state index contributed by atoms with van der Waals surface area (Å²) in [6, 6.07) is -0.944. The number of aliphatic hydroxyl groups excluding tert-OH is 8. The van der Waals surface area contributed by atoms with Crippen LogP contribution >= 0.6 is 0 Å². The smallest absolute Gasteiger partial charge is 0.220 e. The van der Waals surface area contributed by atoms with Gasteiger partial charge in [-0.15, -0.1) is 0 Å². The van der Waals surface area contributed by atoms with Gasteiger partial charge in [-0.3, -0.25) is 4.79 Å². The first-order valence-corrected chi connectivity index (χ1v) is 35.3. The van der Waals surface area contributed by atoms with Crippen LogP contribution in [-0.2, 0) is 23.7 Å². The number of amides is 1. The fraction of sp³-hybridized carbons (Fsp3) is 0.720. The lowest BCUT2D eigenvalue weighted by molar-refractivity contribution is -0.359. The van der Waals surface area contributed by atoms with E-state index >= 15 is 0 Å². The van der Waals surface area contributed by atoms with Crippen LogP contribution in [0.15, 0.2) is 122 Å². The first kappa shape index (κ1) is 81.5. The van der Waals surface area contributed by atoms with Gasteiger partial charge in [-0.25, -0.2) is 0 Å². The minimum Gasteiger partial charge on any atom is -0.394 e. The lowest BCUT2D eigenvalue weighted by Crippen LogP contribution is -2.65. The van der Waals surface area contributed by atoms with E-state index in [1.807, 2.05) is 6.08 Å². The second-order valence-corrected chi connectivity index (χ2v) is 24.3. The number of hydrogen-bond donors (Lipinski definition) is 9. The SMILES string of the molecule is CC/C=C\C/C=C\C/C=C\C/C=C\C/C=C\C/C=C\C/C=C\CCCCCCCCCCCCCCCCCCCC(=O)NC(COC1OC(CO)C(OC2OC(CO)C(O)C(O)C2O)C(O)C1O)C(O)/C=C/CC/C=C/CC/C=C/CCCCCCCC. The molecule has 0 aromatic rings. The van der Waals surface area contributed by atoms with E-state index in [1.165, 1.54) is 128 Å². The Bertz CT molecular complexity index is 1960. The van der Waals surface area contributed by atoms with E-state index < -0.39 is 86.8 Å². The van der Waals surface area contributed by atoms with Crippen molar-refractivity contribution in [2.75, 3.05) is 19.8 Å². The van der Waals surface area contributed by atoms with Crippen molar-refractivity contribution in [1.29, 1.82) is 0 Å². The van der Waals surface area contributed by atoms with E-state index in [0.717, 1.165) is 89.9 Å². The average molecular weight is 1250 g/mol. The van der Waals surface area contributed by atoms with Crippen LogP contribution in [0.5, 0.6) is 0 Å². The zero-order valence-electron chi connectivity index (χ0n) is 55.4. The van der Waals surface area contributed by atoms with Crippen LogP contribution in [0.1, 0.15) is 251 Å². The predicted octanol–water partition coefficient (Wildman–Crippen LogP) is 14.5. The Hall–Kier alpha value is -3.61. The number of allylic oxidation sites excluding steroid dienone is 19. The lowest BCUT2D eigenvalue weighted by Gasteiger charge is -2.46. The Morgan fingerprint density at radius 3 is 1.24 bits per heavy atom. The van der Waals surface area contributed by atoms with Gasteiger partial charge in [0.05, 0.1) is 32.0 Å². The summed E-state index contributed by atoms with van der Waals surface area (Å²) in [5.41, 5.74) is 0. The summed E-state index contributed by atoms with van der Waals surface area (Å²) in [4.78, 5) is 13.3. The van der Waals surface area contributed by atoms with Crippen LogP contribution < -0.4 is 5.32 Å². The maximum Gasteiger partial charge on any atom is 0.220 e. The van der Waals surface area contributed by atoms with Gasteiger partial charge < -0.3 is 65.1 Å². The third kappa shape index (κ3) is 42.3. The van der Waals surface area contributed by atoms with Crippen molar-refractivity contribution in [3.05, 3.63) is 122 Å². The molecule has 12 unspecified atom stereocenters. The molecule has 0 aromatic carbocycles. The van der Waals surface area contributed by atoms with Gasteiger partial charge in [0.25, 0.3) is 0 Å². The van der Waals surface area contributed by atoms with Crippen LogP contribution in [0.25, 0.3) is 0 Å². The van der Waals surface area contributed by atoms with E-state index in [2.05, 4.69) is 129 Å². The third-order valence-electron chi connectivity index (χ3n) is 16.4. The van der Waals surface area contributed by atoms with Gasteiger partial charge in [0.1, 0.15) is 48.8 Å². The predicted molar refractivity (Wildman–Crippen MR) is 364 cm³/mol. The Labute approximate surface area is 539 Å². The molecule has 2 aliphatic heterocycles. The van der Waals surface area contributed by atoms with Crippen LogP contribution in [0.3, 0.4) is 0 Å². The van der Waals surface area contributed by atoms with Crippen molar-refractivity contribution < 1.29 is 64.6 Å². The van der Waals surface area contributed by atoms with E-state index in [4.69, 9.17) is 18.9 Å². The van der Waals surface area contributed by atoms with Gasteiger partial charge in [-0.05, 0) is 103 Å².